The van der Waals surface area contributed by atoms with Gasteiger partial charge in [0.2, 0.25) is 0 Å². The molecule has 0 amide bonds. The maximum Gasteiger partial charge on any atom is 0.338 e. The van der Waals surface area contributed by atoms with Crippen LogP contribution < -0.4 is 0 Å². The molecule has 1 N–H and O–H groups in total. The second kappa shape index (κ2) is 4.55. The Bertz CT molecular complexity index is 573. The van der Waals surface area contributed by atoms with Crippen LogP contribution in [-0.2, 0) is 11.3 Å². The number of hydrogen-bond donors (Lipinski definition) is 1. The minimum atomic E-state index is -0.323. The van der Waals surface area contributed by atoms with Gasteiger partial charge in [0.05, 0.1) is 19.3 Å². The summed E-state index contributed by atoms with van der Waals surface area (Å²) in [6, 6.07) is 9.32. The van der Waals surface area contributed by atoms with E-state index in [2.05, 4.69) is 0 Å². The molecule has 17 heavy (non-hydrogen) atoms. The molecule has 3 nitrogen and oxygen atoms in total. The number of ether oxygens (including phenoxy) is 1. The molecule has 2 aromatic rings. The van der Waals surface area contributed by atoms with Gasteiger partial charge in [-0.2, -0.15) is 0 Å². The van der Waals surface area contributed by atoms with E-state index in [-0.39, 0.29) is 12.6 Å². The summed E-state index contributed by atoms with van der Waals surface area (Å²) >= 11 is 0. The van der Waals surface area contributed by atoms with E-state index in [1.54, 1.807) is 6.07 Å². The Kier molecular flexibility index (Phi) is 3.11. The number of hydrogen-bond acceptors (Lipinski definition) is 3. The van der Waals surface area contributed by atoms with Crippen LogP contribution in [0.3, 0.4) is 0 Å². The molecule has 3 heteroatoms. The van der Waals surface area contributed by atoms with E-state index in [0.717, 1.165) is 21.9 Å². The maximum absolute atomic E-state index is 11.5. The smallest absolute Gasteiger partial charge is 0.338 e. The highest BCUT2D eigenvalue weighted by Gasteiger charge is 2.11. The van der Waals surface area contributed by atoms with Crippen molar-refractivity contribution in [1.29, 1.82) is 0 Å². The molecule has 0 spiro atoms. The average molecular weight is 230 g/mol. The third kappa shape index (κ3) is 2.01. The fourth-order valence-electron chi connectivity index (χ4n) is 1.96. The Morgan fingerprint density at radius 1 is 1.29 bits per heavy atom. The van der Waals surface area contributed by atoms with Gasteiger partial charge in [0.15, 0.2) is 0 Å². The number of rotatable bonds is 2. The molecule has 88 valence electrons. The Labute approximate surface area is 99.6 Å². The second-order valence-electron chi connectivity index (χ2n) is 3.94. The van der Waals surface area contributed by atoms with Gasteiger partial charge in [-0.1, -0.05) is 18.2 Å². The predicted octanol–water partition coefficient (Wildman–Crippen LogP) is 2.43. The number of benzene rings is 2. The standard InChI is InChI=1S/C14H14O3/c1-9-12-5-3-10(8-15)7-11(12)4-6-13(9)14(16)17-2/h3-7,15H,8H2,1-2H3. The number of carbonyl (C=O) groups is 1. The highest BCUT2D eigenvalue weighted by atomic mass is 16.5. The molecule has 0 saturated heterocycles. The van der Waals surface area contributed by atoms with Crippen molar-refractivity contribution in [3.8, 4) is 0 Å². The third-order valence-electron chi connectivity index (χ3n) is 2.94. The molecule has 0 saturated carbocycles. The van der Waals surface area contributed by atoms with Crippen molar-refractivity contribution in [3.05, 3.63) is 47.0 Å². The van der Waals surface area contributed by atoms with Crippen molar-refractivity contribution in [1.82, 2.24) is 0 Å². The molecule has 0 heterocycles. The van der Waals surface area contributed by atoms with Crippen LogP contribution in [-0.4, -0.2) is 18.2 Å². The van der Waals surface area contributed by atoms with Gasteiger partial charge < -0.3 is 9.84 Å². The van der Waals surface area contributed by atoms with Gasteiger partial charge in [0.25, 0.3) is 0 Å². The molecule has 0 aliphatic rings. The molecular formula is C14H14O3. The maximum atomic E-state index is 11.5. The summed E-state index contributed by atoms with van der Waals surface area (Å²) in [4.78, 5) is 11.5. The van der Waals surface area contributed by atoms with Crippen molar-refractivity contribution in [3.63, 3.8) is 0 Å². The first kappa shape index (κ1) is 11.6. The lowest BCUT2D eigenvalue weighted by Crippen LogP contribution is -2.03. The van der Waals surface area contributed by atoms with Crippen LogP contribution >= 0.6 is 0 Å². The molecule has 0 radical (unpaired) electrons. The Hall–Kier alpha value is -1.87. The van der Waals surface area contributed by atoms with E-state index in [1.165, 1.54) is 7.11 Å². The number of aliphatic hydroxyl groups excluding tert-OH is 1. The first-order chi connectivity index (χ1) is 8.17. The van der Waals surface area contributed by atoms with Crippen LogP contribution in [0.5, 0.6) is 0 Å². The van der Waals surface area contributed by atoms with Crippen LogP contribution in [0.1, 0.15) is 21.5 Å². The monoisotopic (exact) mass is 230 g/mol. The lowest BCUT2D eigenvalue weighted by atomic mass is 9.98. The second-order valence-corrected chi connectivity index (χ2v) is 3.94. The number of methoxy groups -OCH3 is 1. The molecule has 2 aromatic carbocycles. The van der Waals surface area contributed by atoms with Crippen molar-refractivity contribution >= 4 is 16.7 Å². The average Bonchev–Trinajstić information content (AvgIpc) is 2.38. The SMILES string of the molecule is COC(=O)c1ccc2cc(CO)ccc2c1C. The summed E-state index contributed by atoms with van der Waals surface area (Å²) in [6.45, 7) is 1.92. The van der Waals surface area contributed by atoms with Gasteiger partial charge in [-0.3, -0.25) is 0 Å². The topological polar surface area (TPSA) is 46.5 Å². The minimum Gasteiger partial charge on any atom is -0.465 e. The zero-order chi connectivity index (χ0) is 12.4. The van der Waals surface area contributed by atoms with Crippen molar-refractivity contribution in [2.45, 2.75) is 13.5 Å². The van der Waals surface area contributed by atoms with Crippen LogP contribution in [0.4, 0.5) is 0 Å². The minimum absolute atomic E-state index is 0.0216. The van der Waals surface area contributed by atoms with E-state index >= 15 is 0 Å². The summed E-state index contributed by atoms with van der Waals surface area (Å²) < 4.78 is 4.73. The Morgan fingerprint density at radius 2 is 2.06 bits per heavy atom. The van der Waals surface area contributed by atoms with E-state index < -0.39 is 0 Å². The highest BCUT2D eigenvalue weighted by Crippen LogP contribution is 2.23. The van der Waals surface area contributed by atoms with E-state index in [1.807, 2.05) is 31.2 Å². The fraction of sp³-hybridized carbons (Fsp3) is 0.214. The van der Waals surface area contributed by atoms with Gasteiger partial charge in [0.1, 0.15) is 0 Å². The Morgan fingerprint density at radius 3 is 2.71 bits per heavy atom. The number of esters is 1. The van der Waals surface area contributed by atoms with Crippen LogP contribution in [0.2, 0.25) is 0 Å². The lowest BCUT2D eigenvalue weighted by molar-refractivity contribution is 0.0600. The molecule has 0 aliphatic carbocycles. The number of aryl methyl sites for hydroxylation is 1. The van der Waals surface area contributed by atoms with Crippen molar-refractivity contribution < 1.29 is 14.6 Å². The number of fused-ring (bicyclic) bond motifs is 1. The van der Waals surface area contributed by atoms with E-state index in [4.69, 9.17) is 9.84 Å². The molecule has 0 bridgehead atoms. The van der Waals surface area contributed by atoms with Gasteiger partial charge >= 0.3 is 5.97 Å². The van der Waals surface area contributed by atoms with Gasteiger partial charge in [-0.15, -0.1) is 0 Å². The first-order valence-electron chi connectivity index (χ1n) is 5.38. The zero-order valence-corrected chi connectivity index (χ0v) is 9.86. The third-order valence-corrected chi connectivity index (χ3v) is 2.94. The van der Waals surface area contributed by atoms with Crippen molar-refractivity contribution in [2.75, 3.05) is 7.11 Å². The van der Waals surface area contributed by atoms with Crippen LogP contribution in [0.25, 0.3) is 10.8 Å². The van der Waals surface area contributed by atoms with Gasteiger partial charge in [-0.05, 0) is 41.0 Å². The molecule has 0 fully saturated rings. The van der Waals surface area contributed by atoms with Crippen LogP contribution in [0.15, 0.2) is 30.3 Å². The predicted molar refractivity (Wildman–Crippen MR) is 65.9 cm³/mol. The van der Waals surface area contributed by atoms with Crippen LogP contribution in [0, 0.1) is 6.92 Å². The normalized spacial score (nSPS) is 10.5. The molecule has 0 aliphatic heterocycles. The number of carbonyl (C=O) groups excluding carboxylic acids is 1. The zero-order valence-electron chi connectivity index (χ0n) is 9.86. The molecule has 0 atom stereocenters. The highest BCUT2D eigenvalue weighted by molar-refractivity contribution is 5.98. The molecular weight excluding hydrogens is 216 g/mol. The summed E-state index contributed by atoms with van der Waals surface area (Å²) in [5.41, 5.74) is 2.35. The summed E-state index contributed by atoms with van der Waals surface area (Å²) in [5.74, 6) is -0.323. The fourth-order valence-corrected chi connectivity index (χ4v) is 1.96. The van der Waals surface area contributed by atoms with Crippen molar-refractivity contribution in [2.24, 2.45) is 0 Å². The number of aliphatic hydroxyl groups is 1. The summed E-state index contributed by atoms with van der Waals surface area (Å²) in [5, 5.41) is 11.1. The molecule has 0 aromatic heterocycles. The van der Waals surface area contributed by atoms with E-state index in [0.29, 0.717) is 5.56 Å². The first-order valence-corrected chi connectivity index (χ1v) is 5.38. The quantitative estimate of drug-likeness (QED) is 0.806. The van der Waals surface area contributed by atoms with Gasteiger partial charge in [0, 0.05) is 0 Å². The summed E-state index contributed by atoms with van der Waals surface area (Å²) in [7, 11) is 1.38. The molecule has 0 unspecified atom stereocenters. The summed E-state index contributed by atoms with van der Waals surface area (Å²) in [6.07, 6.45) is 0. The largest absolute Gasteiger partial charge is 0.465 e. The molecule has 2 rings (SSSR count). The van der Waals surface area contributed by atoms with Gasteiger partial charge in [-0.25, -0.2) is 4.79 Å². The Balaban J connectivity index is 2.64. The van der Waals surface area contributed by atoms with E-state index in [9.17, 15) is 4.79 Å². The lowest BCUT2D eigenvalue weighted by Gasteiger charge is -2.08.